The summed E-state index contributed by atoms with van der Waals surface area (Å²) >= 11 is 0. The normalized spacial score (nSPS) is 32.8. The van der Waals surface area contributed by atoms with Crippen molar-refractivity contribution in [3.63, 3.8) is 0 Å². The minimum Gasteiger partial charge on any atom is -0.378 e. The van der Waals surface area contributed by atoms with Crippen LogP contribution in [0.2, 0.25) is 0 Å². The fourth-order valence-corrected chi connectivity index (χ4v) is 18.5. The quantitative estimate of drug-likeness (QED) is 0.190. The van der Waals surface area contributed by atoms with Gasteiger partial charge in [0.15, 0.2) is 0 Å². The summed E-state index contributed by atoms with van der Waals surface area (Å²) in [6.07, 6.45) is -19.0. The molecular weight excluding hydrogens is 1490 g/mol. The van der Waals surface area contributed by atoms with E-state index in [4.69, 9.17) is 9.47 Å². The number of nitrogens with zero attached hydrogens (tertiary/aromatic N) is 9. The lowest BCUT2D eigenvalue weighted by Gasteiger charge is -2.47. The molecule has 112 heavy (non-hydrogen) atoms. The van der Waals surface area contributed by atoms with Crippen LogP contribution in [0.5, 0.6) is 0 Å². The van der Waals surface area contributed by atoms with E-state index in [0.717, 1.165) is 29.4 Å². The van der Waals surface area contributed by atoms with Gasteiger partial charge in [0.1, 0.15) is 72.1 Å². The Morgan fingerprint density at radius 3 is 1.79 bits per heavy atom. The number of carbonyl (C=O) groups excluding carboxylic acids is 12. The van der Waals surface area contributed by atoms with Crippen molar-refractivity contribution in [3.8, 4) is 0 Å². The maximum absolute atomic E-state index is 15.7. The molecule has 0 aromatic rings. The number of amides is 12. The van der Waals surface area contributed by atoms with E-state index >= 15 is 47.1 Å². The van der Waals surface area contributed by atoms with Crippen molar-refractivity contribution in [2.45, 2.75) is 265 Å². The van der Waals surface area contributed by atoms with Gasteiger partial charge in [0, 0.05) is 94.3 Å². The Labute approximate surface area is 647 Å². The number of ether oxygens (including phenoxy) is 2. The van der Waals surface area contributed by atoms with Crippen LogP contribution in [0.25, 0.3) is 0 Å². The number of halogens is 10. The fourth-order valence-electron chi connectivity index (χ4n) is 18.5. The molecule has 9 fully saturated rings. The van der Waals surface area contributed by atoms with E-state index in [9.17, 15) is 54.3 Å². The third kappa shape index (κ3) is 20.9. The smallest absolute Gasteiger partial charge is 0.378 e. The Hall–Kier alpha value is -7.14. The first-order valence-corrected chi connectivity index (χ1v) is 39.9. The van der Waals surface area contributed by atoms with E-state index in [1.807, 2.05) is 0 Å². The van der Waals surface area contributed by atoms with E-state index < -0.39 is 249 Å². The predicted octanol–water partition coefficient (Wildman–Crippen LogP) is 5.95. The lowest BCUT2D eigenvalue weighted by Crippen LogP contribution is -2.68. The first-order chi connectivity index (χ1) is 52.6. The zero-order chi connectivity index (χ0) is 82.4. The maximum atomic E-state index is 15.7. The number of rotatable bonds is 12. The number of alkyl halides is 10. The molecule has 2 bridgehead atoms. The summed E-state index contributed by atoms with van der Waals surface area (Å²) in [5.74, 6) is -22.1. The molecular formula is C76H114F10N12O14. The molecule has 4 aliphatic heterocycles. The average Bonchev–Trinajstić information content (AvgIpc) is 1.17. The lowest BCUT2D eigenvalue weighted by atomic mass is 9.74. The van der Waals surface area contributed by atoms with Crippen molar-refractivity contribution in [2.24, 2.45) is 41.4 Å². The van der Waals surface area contributed by atoms with Crippen LogP contribution in [-0.2, 0) is 67.0 Å². The zero-order valence-electron chi connectivity index (χ0n) is 65.7. The van der Waals surface area contributed by atoms with Gasteiger partial charge >= 0.3 is 12.4 Å². The molecule has 11 atom stereocenters. The number of fused-ring (bicyclic) bond motifs is 3. The van der Waals surface area contributed by atoms with E-state index in [0.29, 0.717) is 32.1 Å². The van der Waals surface area contributed by atoms with E-state index in [-0.39, 0.29) is 135 Å². The van der Waals surface area contributed by atoms with E-state index in [1.165, 1.54) is 57.0 Å². The van der Waals surface area contributed by atoms with Crippen molar-refractivity contribution in [1.82, 2.24) is 60.0 Å². The van der Waals surface area contributed by atoms with E-state index in [1.54, 1.807) is 20.8 Å². The van der Waals surface area contributed by atoms with Gasteiger partial charge in [0.05, 0.1) is 44.7 Å². The second-order valence-corrected chi connectivity index (χ2v) is 33.5. The van der Waals surface area contributed by atoms with Gasteiger partial charge in [-0.1, -0.05) is 26.7 Å². The van der Waals surface area contributed by atoms with Gasteiger partial charge in [-0.15, -0.1) is 0 Å². The number of hydrogen-bond acceptors (Lipinski definition) is 14. The summed E-state index contributed by atoms with van der Waals surface area (Å²) in [6.45, 7) is 3.34. The van der Waals surface area contributed by atoms with Gasteiger partial charge in [-0.2, -0.15) is 26.3 Å². The third-order valence-electron chi connectivity index (χ3n) is 25.2. The monoisotopic (exact) mass is 1610 g/mol. The van der Waals surface area contributed by atoms with Crippen molar-refractivity contribution >= 4 is 70.9 Å². The van der Waals surface area contributed by atoms with Crippen molar-refractivity contribution in [2.75, 3.05) is 101 Å². The van der Waals surface area contributed by atoms with E-state index in [2.05, 4.69) is 16.0 Å². The van der Waals surface area contributed by atoms with Crippen LogP contribution in [0.3, 0.4) is 0 Å². The second kappa shape index (κ2) is 37.2. The number of hydrogen-bond donors (Lipinski definition) is 3. The molecule has 12 amide bonds. The summed E-state index contributed by atoms with van der Waals surface area (Å²) in [4.78, 5) is 192. The zero-order valence-corrected chi connectivity index (χ0v) is 65.7. The summed E-state index contributed by atoms with van der Waals surface area (Å²) in [5.41, 5.74) is -1.73. The van der Waals surface area contributed by atoms with Crippen LogP contribution in [-0.4, -0.2) is 307 Å². The molecule has 0 aromatic heterocycles. The number of morpholine rings is 1. The molecule has 9 rings (SSSR count). The second-order valence-electron chi connectivity index (χ2n) is 33.5. The molecule has 26 nitrogen and oxygen atoms in total. The maximum Gasteiger partial charge on any atom is 0.397 e. The number of carbonyl (C=O) groups is 12. The van der Waals surface area contributed by atoms with Gasteiger partial charge in [0.25, 0.3) is 0 Å². The van der Waals surface area contributed by atoms with Gasteiger partial charge in [-0.25, -0.2) is 17.6 Å². The molecule has 1 spiro atoms. The molecule has 0 aromatic carbocycles. The fraction of sp³-hybridized carbons (Fsp3) is 0.842. The number of nitrogens with one attached hydrogen (secondary N) is 3. The highest BCUT2D eigenvalue weighted by atomic mass is 19.4. The average molecular weight is 1610 g/mol. The topological polar surface area (TPSA) is 289 Å². The summed E-state index contributed by atoms with van der Waals surface area (Å²) in [7, 11) is 7.62. The van der Waals surface area contributed by atoms with Crippen LogP contribution < -0.4 is 16.0 Å². The molecule has 4 saturated heterocycles. The van der Waals surface area contributed by atoms with Crippen molar-refractivity contribution in [3.05, 3.63) is 0 Å². The molecule has 36 heteroatoms. The minimum atomic E-state index is -5.23. The third-order valence-corrected chi connectivity index (χ3v) is 25.2. The Balaban J connectivity index is 1.11. The van der Waals surface area contributed by atoms with Gasteiger partial charge in [0.2, 0.25) is 76.8 Å². The molecule has 632 valence electrons. The van der Waals surface area contributed by atoms with Crippen LogP contribution in [0.4, 0.5) is 43.9 Å². The molecule has 2 unspecified atom stereocenters. The Bertz CT molecular complexity index is 3370. The standard InChI is InChI=1S/C76H114F10N12O14/c1-10-112-49-36-55-65(103)89-73(25-15-26-73)72(110)95(9)63(46-16-11-12-17-46)71(109)94(8)56(68(106)96-28-30-111-31-29-96)37-59(100)93(7)54(32-43(2)3)64(102)88-62(47-38-74(79,80)39-47)70(108)91(5)42-60(101)92(6)53-18-13-14-27-97(69(53)107)57(35-44-19-22-48(23-20-44)75(81,82)83)67(105)90(4)41-58(99)87-52(66(104)98(55)40-49)24-21-45-33-50(77)61(51(78)34-45)76(84,85)86/h43-57,61-63H,10-42H2,1-9H3,(H,87,99)(H,88,102)(H,89,103)/t44?,45?,48?,49-,50?,51?,52+,53+,54+,55+,56+,57+,61?,62+,63+/m1/s1. The highest BCUT2D eigenvalue weighted by Gasteiger charge is 2.57. The van der Waals surface area contributed by atoms with Crippen LogP contribution in [0.1, 0.15) is 175 Å². The van der Waals surface area contributed by atoms with Gasteiger partial charge < -0.3 is 69.5 Å². The van der Waals surface area contributed by atoms with Gasteiger partial charge in [-0.3, -0.25) is 57.5 Å². The summed E-state index contributed by atoms with van der Waals surface area (Å²) in [6, 6.07) is -12.2. The molecule has 9 aliphatic rings. The SMILES string of the molecule is CCO[C@@H]1C[C@H]2C(=O)NC3(CCC3)C(=O)N(C)[C@@H](C3CCCC3)C(=O)N(C)[C@H](C(=O)N3CCOCC3)CC(=O)N(C)[C@@H](CC(C)C)C(=O)N[C@@H](C3CC(F)(F)C3)C(=O)N(C)CC(=O)N(C)[C@H]3CCCCN(C3=O)[C@@H](CC3CCC(C(F)(F)F)CC3)C(=O)N(C)CC(=O)N[C@@H](CCC3CC(F)C(C(F)(F)F)C(F)C3)C(=O)N2C1. The predicted molar refractivity (Wildman–Crippen MR) is 383 cm³/mol. The summed E-state index contributed by atoms with van der Waals surface area (Å²) in [5, 5.41) is 8.15. The number of likely N-dealkylation sites (N-methyl/N-ethyl adjacent to an activating group) is 6. The largest absolute Gasteiger partial charge is 0.397 e. The van der Waals surface area contributed by atoms with Gasteiger partial charge in [-0.05, 0) is 152 Å². The van der Waals surface area contributed by atoms with Crippen LogP contribution in [0, 0.1) is 41.4 Å². The molecule has 5 aliphatic carbocycles. The molecule has 3 N–H and O–H groups in total. The van der Waals surface area contributed by atoms with Crippen molar-refractivity contribution in [1.29, 1.82) is 0 Å². The Kier molecular flexibility index (Phi) is 29.5. The highest BCUT2D eigenvalue weighted by molar-refractivity contribution is 6.01. The van der Waals surface area contributed by atoms with Crippen LogP contribution >= 0.6 is 0 Å². The van der Waals surface area contributed by atoms with Crippen LogP contribution in [0.15, 0.2) is 0 Å². The first kappa shape index (κ1) is 88.8. The van der Waals surface area contributed by atoms with Crippen molar-refractivity contribution < 1.29 is 111 Å². The summed E-state index contributed by atoms with van der Waals surface area (Å²) < 4.78 is 157. The molecule has 0 radical (unpaired) electrons. The molecule has 4 heterocycles. The Morgan fingerprint density at radius 2 is 1.21 bits per heavy atom. The first-order valence-electron chi connectivity index (χ1n) is 39.9. The molecule has 5 saturated carbocycles. The lowest BCUT2D eigenvalue weighted by molar-refractivity contribution is -0.219. The highest BCUT2D eigenvalue weighted by Crippen LogP contribution is 2.47. The minimum absolute atomic E-state index is 0.0154. The Morgan fingerprint density at radius 1 is 0.598 bits per heavy atom.